The second-order valence-electron chi connectivity index (χ2n) is 4.96. The molecule has 1 aromatic heterocycles. The van der Waals surface area contributed by atoms with Gasteiger partial charge in [-0.2, -0.15) is 0 Å². The summed E-state index contributed by atoms with van der Waals surface area (Å²) in [6.45, 7) is 3.16. The van der Waals surface area contributed by atoms with E-state index < -0.39 is 10.0 Å². The molecular weight excluding hydrogens is 264 g/mol. The fourth-order valence-electron chi connectivity index (χ4n) is 2.24. The number of nitrogens with one attached hydrogen (secondary N) is 1. The highest BCUT2D eigenvalue weighted by Crippen LogP contribution is 2.18. The van der Waals surface area contributed by atoms with Crippen LogP contribution in [0.1, 0.15) is 31.4 Å². The lowest BCUT2D eigenvalue weighted by atomic mass is 10.0. The maximum absolute atomic E-state index is 12.1. The first kappa shape index (κ1) is 14.4. The van der Waals surface area contributed by atoms with E-state index in [1.165, 1.54) is 0 Å². The normalized spacial score (nSPS) is 19.2. The smallest absolute Gasteiger partial charge is 0.212 e. The summed E-state index contributed by atoms with van der Waals surface area (Å²) >= 11 is 0. The van der Waals surface area contributed by atoms with Crippen LogP contribution < -0.4 is 4.72 Å². The van der Waals surface area contributed by atoms with Crippen LogP contribution in [0.25, 0.3) is 0 Å². The van der Waals surface area contributed by atoms with Crippen LogP contribution in [0.15, 0.2) is 24.5 Å². The first-order valence-corrected chi connectivity index (χ1v) is 8.20. The molecule has 1 saturated heterocycles. The molecular formula is C13H20N2O3S. The summed E-state index contributed by atoms with van der Waals surface area (Å²) < 4.78 is 32.2. The molecule has 0 aliphatic carbocycles. The van der Waals surface area contributed by atoms with E-state index >= 15 is 0 Å². The Bertz CT molecular complexity index is 484. The molecule has 0 saturated carbocycles. The van der Waals surface area contributed by atoms with Crippen molar-refractivity contribution in [3.05, 3.63) is 30.1 Å². The van der Waals surface area contributed by atoms with Crippen LogP contribution in [0.2, 0.25) is 0 Å². The van der Waals surface area contributed by atoms with E-state index in [4.69, 9.17) is 4.74 Å². The maximum atomic E-state index is 12.1. The Morgan fingerprint density at radius 1 is 1.47 bits per heavy atom. The standard InChI is InChI=1S/C13H20N2O3S/c1-11(13-3-2-6-14-9-13)15-19(16,17)10-12-4-7-18-8-5-12/h2-3,6,9,11-12,15H,4-5,7-8,10H2,1H3. The molecule has 1 aliphatic heterocycles. The van der Waals surface area contributed by atoms with Crippen LogP contribution in [0.5, 0.6) is 0 Å². The van der Waals surface area contributed by atoms with Crippen molar-refractivity contribution in [2.45, 2.75) is 25.8 Å². The van der Waals surface area contributed by atoms with Gasteiger partial charge in [0.1, 0.15) is 0 Å². The average Bonchev–Trinajstić information content (AvgIpc) is 2.39. The molecule has 0 spiro atoms. The molecule has 19 heavy (non-hydrogen) atoms. The molecule has 2 heterocycles. The maximum Gasteiger partial charge on any atom is 0.212 e. The molecule has 1 N–H and O–H groups in total. The third-order valence-electron chi connectivity index (χ3n) is 3.34. The summed E-state index contributed by atoms with van der Waals surface area (Å²) in [7, 11) is -3.26. The van der Waals surface area contributed by atoms with Crippen molar-refractivity contribution >= 4 is 10.0 Å². The zero-order valence-corrected chi connectivity index (χ0v) is 11.9. The van der Waals surface area contributed by atoms with Crippen molar-refractivity contribution in [1.29, 1.82) is 0 Å². The van der Waals surface area contributed by atoms with E-state index in [0.717, 1.165) is 18.4 Å². The third-order valence-corrected chi connectivity index (χ3v) is 4.96. The second-order valence-corrected chi connectivity index (χ2v) is 6.76. The van der Waals surface area contributed by atoms with Gasteiger partial charge in [-0.25, -0.2) is 13.1 Å². The second kappa shape index (κ2) is 6.45. The predicted octanol–water partition coefficient (Wildman–Crippen LogP) is 1.49. The molecule has 0 amide bonds. The molecule has 1 aromatic rings. The average molecular weight is 284 g/mol. The van der Waals surface area contributed by atoms with E-state index in [1.807, 2.05) is 13.0 Å². The summed E-state index contributed by atoms with van der Waals surface area (Å²) in [4.78, 5) is 4.00. The van der Waals surface area contributed by atoms with E-state index in [1.54, 1.807) is 18.5 Å². The van der Waals surface area contributed by atoms with Gasteiger partial charge < -0.3 is 4.74 Å². The van der Waals surface area contributed by atoms with Crippen LogP contribution >= 0.6 is 0 Å². The molecule has 6 heteroatoms. The predicted molar refractivity (Wildman–Crippen MR) is 73.1 cm³/mol. The Labute approximate surface area is 114 Å². The number of pyridine rings is 1. The largest absolute Gasteiger partial charge is 0.381 e. The zero-order chi connectivity index (χ0) is 13.7. The molecule has 106 valence electrons. The highest BCUT2D eigenvalue weighted by Gasteiger charge is 2.23. The van der Waals surface area contributed by atoms with Crippen LogP contribution in [-0.2, 0) is 14.8 Å². The fourth-order valence-corrected chi connectivity index (χ4v) is 3.97. The number of aromatic nitrogens is 1. The number of hydrogen-bond donors (Lipinski definition) is 1. The Balaban J connectivity index is 1.93. The van der Waals surface area contributed by atoms with Crippen molar-refractivity contribution in [2.24, 2.45) is 5.92 Å². The number of rotatable bonds is 5. The van der Waals surface area contributed by atoms with E-state index in [2.05, 4.69) is 9.71 Å². The number of ether oxygens (including phenoxy) is 1. The van der Waals surface area contributed by atoms with Gasteiger partial charge in [0, 0.05) is 31.6 Å². The van der Waals surface area contributed by atoms with E-state index in [0.29, 0.717) is 13.2 Å². The minimum atomic E-state index is -3.26. The van der Waals surface area contributed by atoms with E-state index in [9.17, 15) is 8.42 Å². The summed E-state index contributed by atoms with van der Waals surface area (Å²) in [5, 5.41) is 0. The minimum absolute atomic E-state index is 0.182. The highest BCUT2D eigenvalue weighted by atomic mass is 32.2. The number of hydrogen-bond acceptors (Lipinski definition) is 4. The third kappa shape index (κ3) is 4.56. The first-order chi connectivity index (χ1) is 9.07. The van der Waals surface area contributed by atoms with Gasteiger partial charge in [-0.05, 0) is 37.3 Å². The molecule has 1 fully saturated rings. The Morgan fingerprint density at radius 3 is 2.84 bits per heavy atom. The Kier molecular flexibility index (Phi) is 4.90. The zero-order valence-electron chi connectivity index (χ0n) is 11.1. The lowest BCUT2D eigenvalue weighted by Gasteiger charge is -2.23. The van der Waals surface area contributed by atoms with E-state index in [-0.39, 0.29) is 17.7 Å². The van der Waals surface area contributed by atoms with Crippen LogP contribution in [-0.4, -0.2) is 32.4 Å². The summed E-state index contributed by atoms with van der Waals surface area (Å²) in [5.74, 6) is 0.383. The fraction of sp³-hybridized carbons (Fsp3) is 0.615. The Hall–Kier alpha value is -0.980. The van der Waals surface area contributed by atoms with Crippen LogP contribution in [0.3, 0.4) is 0 Å². The van der Waals surface area contributed by atoms with Gasteiger partial charge in [0.05, 0.1) is 5.75 Å². The molecule has 1 unspecified atom stereocenters. The van der Waals surface area contributed by atoms with Crippen LogP contribution in [0.4, 0.5) is 0 Å². The van der Waals surface area contributed by atoms with Crippen molar-refractivity contribution < 1.29 is 13.2 Å². The topological polar surface area (TPSA) is 68.3 Å². The van der Waals surface area contributed by atoms with Crippen LogP contribution in [0, 0.1) is 5.92 Å². The molecule has 0 aromatic carbocycles. The Morgan fingerprint density at radius 2 is 2.21 bits per heavy atom. The summed E-state index contributed by atoms with van der Waals surface area (Å²) in [5.41, 5.74) is 0.873. The minimum Gasteiger partial charge on any atom is -0.381 e. The van der Waals surface area contributed by atoms with Gasteiger partial charge >= 0.3 is 0 Å². The summed E-state index contributed by atoms with van der Waals surface area (Å²) in [6.07, 6.45) is 5.00. The van der Waals surface area contributed by atoms with Gasteiger partial charge in [0.2, 0.25) is 10.0 Å². The first-order valence-electron chi connectivity index (χ1n) is 6.54. The van der Waals surface area contributed by atoms with Crippen molar-refractivity contribution in [3.8, 4) is 0 Å². The SMILES string of the molecule is CC(NS(=O)(=O)CC1CCOCC1)c1cccnc1. The highest BCUT2D eigenvalue weighted by molar-refractivity contribution is 7.89. The molecule has 0 bridgehead atoms. The van der Waals surface area contributed by atoms with Gasteiger partial charge in [0.15, 0.2) is 0 Å². The molecule has 1 aliphatic rings. The van der Waals surface area contributed by atoms with Crippen molar-refractivity contribution in [2.75, 3.05) is 19.0 Å². The van der Waals surface area contributed by atoms with Crippen molar-refractivity contribution in [1.82, 2.24) is 9.71 Å². The van der Waals surface area contributed by atoms with Gasteiger partial charge in [-0.1, -0.05) is 6.07 Å². The monoisotopic (exact) mass is 284 g/mol. The van der Waals surface area contributed by atoms with Gasteiger partial charge in [-0.3, -0.25) is 4.98 Å². The molecule has 0 radical (unpaired) electrons. The quantitative estimate of drug-likeness (QED) is 0.889. The molecule has 5 nitrogen and oxygen atoms in total. The lowest BCUT2D eigenvalue weighted by molar-refractivity contribution is 0.0723. The molecule has 1 atom stereocenters. The van der Waals surface area contributed by atoms with Crippen molar-refractivity contribution in [3.63, 3.8) is 0 Å². The number of nitrogens with zero attached hydrogens (tertiary/aromatic N) is 1. The molecule has 2 rings (SSSR count). The summed E-state index contributed by atoms with van der Waals surface area (Å²) in [6, 6.07) is 3.42. The lowest BCUT2D eigenvalue weighted by Crippen LogP contribution is -2.33. The van der Waals surface area contributed by atoms with Gasteiger partial charge in [0.25, 0.3) is 0 Å². The number of sulfonamides is 1. The van der Waals surface area contributed by atoms with Gasteiger partial charge in [-0.15, -0.1) is 0 Å².